The fourth-order valence-corrected chi connectivity index (χ4v) is 1.61. The van der Waals surface area contributed by atoms with Gasteiger partial charge in [-0.1, -0.05) is 10.3 Å². The van der Waals surface area contributed by atoms with Crippen LogP contribution in [-0.2, 0) is 11.3 Å². The van der Waals surface area contributed by atoms with E-state index >= 15 is 0 Å². The standard InChI is InChI=1S/C12H17N5O3/c1-7-5-11(20-15-7)14-12(18)8(2)17(4)6-10-13-9(3)19-16-10/h5,8H,6H2,1-4H3,(H,14,18). The van der Waals surface area contributed by atoms with Crippen molar-refractivity contribution in [3.63, 3.8) is 0 Å². The number of likely N-dealkylation sites (N-methyl/N-ethyl adjacent to an activating group) is 1. The number of rotatable bonds is 5. The summed E-state index contributed by atoms with van der Waals surface area (Å²) in [7, 11) is 1.81. The molecule has 1 amide bonds. The summed E-state index contributed by atoms with van der Waals surface area (Å²) in [6, 6.07) is 1.28. The second-order valence-corrected chi connectivity index (χ2v) is 4.64. The minimum absolute atomic E-state index is 0.191. The molecule has 2 rings (SSSR count). The van der Waals surface area contributed by atoms with Crippen molar-refractivity contribution in [3.05, 3.63) is 23.5 Å². The van der Waals surface area contributed by atoms with Gasteiger partial charge in [-0.15, -0.1) is 0 Å². The summed E-state index contributed by atoms with van der Waals surface area (Å²) >= 11 is 0. The predicted molar refractivity (Wildman–Crippen MR) is 69.8 cm³/mol. The molecule has 0 spiro atoms. The van der Waals surface area contributed by atoms with E-state index in [0.717, 1.165) is 0 Å². The number of hydrogen-bond donors (Lipinski definition) is 1. The predicted octanol–water partition coefficient (Wildman–Crippen LogP) is 1.13. The molecule has 0 aromatic carbocycles. The number of aromatic nitrogens is 3. The van der Waals surface area contributed by atoms with Crippen molar-refractivity contribution < 1.29 is 13.8 Å². The Morgan fingerprint density at radius 3 is 2.70 bits per heavy atom. The lowest BCUT2D eigenvalue weighted by molar-refractivity contribution is -0.120. The van der Waals surface area contributed by atoms with Crippen molar-refractivity contribution in [3.8, 4) is 0 Å². The third kappa shape index (κ3) is 3.41. The Morgan fingerprint density at radius 1 is 1.40 bits per heavy atom. The topological polar surface area (TPSA) is 97.3 Å². The molecule has 8 nitrogen and oxygen atoms in total. The Hall–Kier alpha value is -2.22. The summed E-state index contributed by atoms with van der Waals surface area (Å²) < 4.78 is 9.84. The summed E-state index contributed by atoms with van der Waals surface area (Å²) in [5.74, 6) is 1.19. The average Bonchev–Trinajstić information content (AvgIpc) is 2.97. The maximum Gasteiger partial charge on any atom is 0.243 e. The molecule has 8 heteroatoms. The van der Waals surface area contributed by atoms with Crippen LogP contribution in [0.15, 0.2) is 15.1 Å². The highest BCUT2D eigenvalue weighted by Crippen LogP contribution is 2.10. The molecule has 1 N–H and O–H groups in total. The van der Waals surface area contributed by atoms with Crippen LogP contribution in [0.4, 0.5) is 5.88 Å². The molecule has 0 aliphatic heterocycles. The fourth-order valence-electron chi connectivity index (χ4n) is 1.61. The van der Waals surface area contributed by atoms with Crippen molar-refractivity contribution in [2.75, 3.05) is 12.4 Å². The maximum absolute atomic E-state index is 12.1. The molecule has 1 atom stereocenters. The minimum atomic E-state index is -0.376. The molecule has 0 aliphatic carbocycles. The van der Waals surface area contributed by atoms with Crippen LogP contribution in [0.1, 0.15) is 24.3 Å². The lowest BCUT2D eigenvalue weighted by Crippen LogP contribution is -2.39. The average molecular weight is 279 g/mol. The molecule has 20 heavy (non-hydrogen) atoms. The zero-order chi connectivity index (χ0) is 14.7. The zero-order valence-electron chi connectivity index (χ0n) is 11.9. The van der Waals surface area contributed by atoms with Gasteiger partial charge in [-0.2, -0.15) is 4.98 Å². The Labute approximate surface area is 116 Å². The van der Waals surface area contributed by atoms with Crippen LogP contribution in [-0.4, -0.2) is 39.2 Å². The van der Waals surface area contributed by atoms with Crippen LogP contribution in [0.3, 0.4) is 0 Å². The molecule has 0 bridgehead atoms. The lowest BCUT2D eigenvalue weighted by atomic mass is 10.2. The van der Waals surface area contributed by atoms with Gasteiger partial charge in [-0.25, -0.2) is 0 Å². The molecule has 1 unspecified atom stereocenters. The SMILES string of the molecule is Cc1cc(NC(=O)C(C)N(C)Cc2noc(C)n2)on1. The number of amides is 1. The fraction of sp³-hybridized carbons (Fsp3) is 0.500. The molecule has 0 fully saturated rings. The summed E-state index contributed by atoms with van der Waals surface area (Å²) in [4.78, 5) is 18.0. The minimum Gasteiger partial charge on any atom is -0.340 e. The van der Waals surface area contributed by atoms with E-state index in [1.807, 2.05) is 11.9 Å². The van der Waals surface area contributed by atoms with E-state index in [2.05, 4.69) is 20.6 Å². The summed E-state index contributed by atoms with van der Waals surface area (Å²) in [5, 5.41) is 10.2. The van der Waals surface area contributed by atoms with Crippen molar-refractivity contribution in [2.24, 2.45) is 0 Å². The summed E-state index contributed by atoms with van der Waals surface area (Å²) in [5.41, 5.74) is 0.712. The molecular weight excluding hydrogens is 262 g/mol. The number of nitrogens with one attached hydrogen (secondary N) is 1. The van der Waals surface area contributed by atoms with E-state index in [9.17, 15) is 4.79 Å². The molecule has 0 saturated carbocycles. The van der Waals surface area contributed by atoms with Crippen molar-refractivity contribution in [2.45, 2.75) is 33.4 Å². The molecule has 0 saturated heterocycles. The highest BCUT2D eigenvalue weighted by atomic mass is 16.5. The van der Waals surface area contributed by atoms with Crippen LogP contribution in [0, 0.1) is 13.8 Å². The van der Waals surface area contributed by atoms with E-state index in [1.165, 1.54) is 0 Å². The number of hydrogen-bond acceptors (Lipinski definition) is 7. The molecule has 2 aromatic heterocycles. The third-order valence-electron chi connectivity index (χ3n) is 2.88. The monoisotopic (exact) mass is 279 g/mol. The Morgan fingerprint density at radius 2 is 2.15 bits per heavy atom. The first-order valence-corrected chi connectivity index (χ1v) is 6.19. The van der Waals surface area contributed by atoms with Crippen LogP contribution in [0.5, 0.6) is 0 Å². The van der Waals surface area contributed by atoms with Crippen LogP contribution in [0.2, 0.25) is 0 Å². The number of nitrogens with zero attached hydrogens (tertiary/aromatic N) is 4. The largest absolute Gasteiger partial charge is 0.340 e. The van der Waals surface area contributed by atoms with Gasteiger partial charge in [0.05, 0.1) is 18.3 Å². The van der Waals surface area contributed by atoms with Crippen molar-refractivity contribution >= 4 is 11.8 Å². The molecule has 0 aliphatic rings. The van der Waals surface area contributed by atoms with Gasteiger partial charge < -0.3 is 9.05 Å². The second-order valence-electron chi connectivity index (χ2n) is 4.64. The first-order chi connectivity index (χ1) is 9.45. The van der Waals surface area contributed by atoms with Crippen molar-refractivity contribution in [1.29, 1.82) is 0 Å². The normalized spacial score (nSPS) is 12.7. The van der Waals surface area contributed by atoms with Gasteiger partial charge in [0, 0.05) is 13.0 Å². The Bertz CT molecular complexity index is 591. The number of anilines is 1. The molecule has 2 heterocycles. The van der Waals surface area contributed by atoms with Gasteiger partial charge in [0.2, 0.25) is 17.7 Å². The third-order valence-corrected chi connectivity index (χ3v) is 2.88. The Kier molecular flexibility index (Phi) is 4.14. The molecule has 108 valence electrons. The Balaban J connectivity index is 1.92. The van der Waals surface area contributed by atoms with Crippen molar-refractivity contribution in [1.82, 2.24) is 20.2 Å². The van der Waals surface area contributed by atoms with Gasteiger partial charge in [-0.05, 0) is 20.9 Å². The quantitative estimate of drug-likeness (QED) is 0.876. The first-order valence-electron chi connectivity index (χ1n) is 6.19. The molecule has 0 radical (unpaired) electrons. The van der Waals surface area contributed by atoms with E-state index in [0.29, 0.717) is 29.8 Å². The summed E-state index contributed by atoms with van der Waals surface area (Å²) in [6.45, 7) is 5.71. The highest BCUT2D eigenvalue weighted by molar-refractivity contribution is 5.93. The maximum atomic E-state index is 12.1. The van der Waals surface area contributed by atoms with Gasteiger partial charge in [0.15, 0.2) is 5.82 Å². The van der Waals surface area contributed by atoms with Crippen LogP contribution >= 0.6 is 0 Å². The van der Waals surface area contributed by atoms with Crippen LogP contribution < -0.4 is 5.32 Å². The second kappa shape index (κ2) is 5.83. The van der Waals surface area contributed by atoms with Gasteiger partial charge in [0.1, 0.15) is 0 Å². The molecular formula is C12H17N5O3. The number of aryl methyl sites for hydroxylation is 2. The van der Waals surface area contributed by atoms with E-state index in [1.54, 1.807) is 26.8 Å². The number of carbonyl (C=O) groups is 1. The smallest absolute Gasteiger partial charge is 0.243 e. The summed E-state index contributed by atoms with van der Waals surface area (Å²) in [6.07, 6.45) is 0. The van der Waals surface area contributed by atoms with Gasteiger partial charge >= 0.3 is 0 Å². The van der Waals surface area contributed by atoms with Crippen LogP contribution in [0.25, 0.3) is 0 Å². The van der Waals surface area contributed by atoms with E-state index < -0.39 is 0 Å². The zero-order valence-corrected chi connectivity index (χ0v) is 11.9. The van der Waals surface area contributed by atoms with Gasteiger partial charge in [0.25, 0.3) is 0 Å². The lowest BCUT2D eigenvalue weighted by Gasteiger charge is -2.21. The van der Waals surface area contributed by atoms with Gasteiger partial charge in [-0.3, -0.25) is 15.0 Å². The first kappa shape index (κ1) is 14.2. The number of carbonyl (C=O) groups excluding carboxylic acids is 1. The molecule has 2 aromatic rings. The highest BCUT2D eigenvalue weighted by Gasteiger charge is 2.21. The van der Waals surface area contributed by atoms with E-state index in [4.69, 9.17) is 9.05 Å². The van der Waals surface area contributed by atoms with E-state index in [-0.39, 0.29) is 11.9 Å².